The summed E-state index contributed by atoms with van der Waals surface area (Å²) >= 11 is 0. The van der Waals surface area contributed by atoms with Crippen molar-refractivity contribution in [3.63, 3.8) is 0 Å². The lowest BCUT2D eigenvalue weighted by molar-refractivity contribution is 0.315. The van der Waals surface area contributed by atoms with Crippen LogP contribution in [0.15, 0.2) is 16.8 Å². The predicted molar refractivity (Wildman–Crippen MR) is 41.3 cm³/mol. The molecule has 0 aliphatic heterocycles. The van der Waals surface area contributed by atoms with Crippen molar-refractivity contribution in [2.45, 2.75) is 13.8 Å². The molecule has 0 amide bonds. The quantitative estimate of drug-likeness (QED) is 0.572. The van der Waals surface area contributed by atoms with E-state index in [4.69, 9.17) is 0 Å². The van der Waals surface area contributed by atoms with Gasteiger partial charge in [0.05, 0.1) is 0 Å². The van der Waals surface area contributed by atoms with Crippen LogP contribution < -0.4 is 0 Å². The Hall–Kier alpha value is -1.38. The van der Waals surface area contributed by atoms with Crippen molar-refractivity contribution in [2.24, 2.45) is 0 Å². The molecule has 0 aliphatic carbocycles. The zero-order valence-corrected chi connectivity index (χ0v) is 6.46. The summed E-state index contributed by atoms with van der Waals surface area (Å²) in [5.74, 6) is 0. The van der Waals surface area contributed by atoms with E-state index < -0.39 is 0 Å². The summed E-state index contributed by atoms with van der Waals surface area (Å²) in [6, 6.07) is 4.02. The summed E-state index contributed by atoms with van der Waals surface area (Å²) in [6.07, 6.45) is 0. The van der Waals surface area contributed by atoms with E-state index in [0.717, 1.165) is 16.6 Å². The molecule has 0 N–H and O–H groups in total. The Morgan fingerprint density at radius 2 is 2.00 bits per heavy atom. The van der Waals surface area contributed by atoms with Gasteiger partial charge in [-0.25, -0.2) is 4.63 Å². The van der Waals surface area contributed by atoms with E-state index in [1.54, 1.807) is 0 Å². The van der Waals surface area contributed by atoms with Gasteiger partial charge in [0.15, 0.2) is 0 Å². The zero-order chi connectivity index (χ0) is 7.84. The van der Waals surface area contributed by atoms with E-state index in [2.05, 4.69) is 21.0 Å². The minimum Gasteiger partial charge on any atom is -0.243 e. The first-order valence-corrected chi connectivity index (χ1v) is 3.47. The largest absolute Gasteiger partial charge is 0.243 e. The van der Waals surface area contributed by atoms with Gasteiger partial charge in [0.25, 0.3) is 0 Å². The summed E-state index contributed by atoms with van der Waals surface area (Å²) in [7, 11) is 0. The lowest BCUT2D eigenvalue weighted by Gasteiger charge is -1.93. The smallest absolute Gasteiger partial charge is 0.138 e. The first-order chi connectivity index (χ1) is 5.27. The van der Waals surface area contributed by atoms with Crippen LogP contribution in [0.5, 0.6) is 0 Å². The highest BCUT2D eigenvalue weighted by Crippen LogP contribution is 2.15. The highest BCUT2D eigenvalue weighted by atomic mass is 16.6. The second-order valence-electron chi connectivity index (χ2n) is 2.71. The van der Waals surface area contributed by atoms with Gasteiger partial charge in [-0.3, -0.25) is 0 Å². The lowest BCUT2D eigenvalue weighted by Crippen LogP contribution is -1.79. The van der Waals surface area contributed by atoms with Gasteiger partial charge in [-0.05, 0) is 41.4 Å². The van der Waals surface area contributed by atoms with Gasteiger partial charge in [0.2, 0.25) is 0 Å². The molecule has 1 aromatic heterocycles. The van der Waals surface area contributed by atoms with Crippen LogP contribution in [0.1, 0.15) is 11.1 Å². The van der Waals surface area contributed by atoms with Gasteiger partial charge >= 0.3 is 0 Å². The standard InChI is InChI=1S/C8H8N2O/c1-5-3-6(2)8-7(4-5)9-11-10-8/h3-4H,1-2H3. The highest BCUT2D eigenvalue weighted by Gasteiger charge is 2.02. The van der Waals surface area contributed by atoms with Gasteiger partial charge in [0, 0.05) is 0 Å². The molecule has 0 unspecified atom stereocenters. The summed E-state index contributed by atoms with van der Waals surface area (Å²) in [4.78, 5) is 0. The fourth-order valence-corrected chi connectivity index (χ4v) is 1.23. The number of hydrogen-bond donors (Lipinski definition) is 0. The van der Waals surface area contributed by atoms with E-state index in [9.17, 15) is 0 Å². The Morgan fingerprint density at radius 3 is 2.82 bits per heavy atom. The maximum Gasteiger partial charge on any atom is 0.138 e. The first-order valence-electron chi connectivity index (χ1n) is 3.47. The maximum atomic E-state index is 4.60. The van der Waals surface area contributed by atoms with Crippen LogP contribution in [0.2, 0.25) is 0 Å². The van der Waals surface area contributed by atoms with E-state index >= 15 is 0 Å². The molecule has 2 rings (SSSR count). The molecule has 0 saturated carbocycles. The minimum atomic E-state index is 0.836. The van der Waals surface area contributed by atoms with Crippen molar-refractivity contribution < 1.29 is 4.63 Å². The van der Waals surface area contributed by atoms with Crippen LogP contribution in [-0.4, -0.2) is 10.3 Å². The summed E-state index contributed by atoms with van der Waals surface area (Å²) < 4.78 is 4.60. The number of aromatic nitrogens is 2. The van der Waals surface area contributed by atoms with E-state index in [0.29, 0.717) is 0 Å². The van der Waals surface area contributed by atoms with E-state index in [1.165, 1.54) is 5.56 Å². The van der Waals surface area contributed by atoms with Crippen molar-refractivity contribution >= 4 is 11.0 Å². The molecule has 1 aromatic carbocycles. The molecule has 3 nitrogen and oxygen atoms in total. The summed E-state index contributed by atoms with van der Waals surface area (Å²) in [6.45, 7) is 4.03. The van der Waals surface area contributed by atoms with Crippen molar-refractivity contribution in [3.05, 3.63) is 23.3 Å². The normalized spacial score (nSPS) is 10.7. The van der Waals surface area contributed by atoms with Gasteiger partial charge < -0.3 is 0 Å². The van der Waals surface area contributed by atoms with Gasteiger partial charge in [0.1, 0.15) is 11.0 Å². The van der Waals surface area contributed by atoms with Gasteiger partial charge in [-0.15, -0.1) is 0 Å². The van der Waals surface area contributed by atoms with Crippen LogP contribution in [0.25, 0.3) is 11.0 Å². The van der Waals surface area contributed by atoms with E-state index in [1.807, 2.05) is 19.9 Å². The summed E-state index contributed by atoms with van der Waals surface area (Å²) in [5, 5.41) is 7.53. The summed E-state index contributed by atoms with van der Waals surface area (Å²) in [5.41, 5.74) is 3.99. The van der Waals surface area contributed by atoms with Gasteiger partial charge in [-0.2, -0.15) is 0 Å². The molecule has 0 fully saturated rings. The molecule has 0 radical (unpaired) electrons. The third kappa shape index (κ3) is 0.888. The Kier molecular flexibility index (Phi) is 1.18. The predicted octanol–water partition coefficient (Wildman–Crippen LogP) is 1.84. The first kappa shape index (κ1) is 6.34. The topological polar surface area (TPSA) is 38.9 Å². The van der Waals surface area contributed by atoms with Crippen LogP contribution in [0.4, 0.5) is 0 Å². The molecule has 0 spiro atoms. The van der Waals surface area contributed by atoms with Gasteiger partial charge in [-0.1, -0.05) is 6.07 Å². The van der Waals surface area contributed by atoms with Crippen molar-refractivity contribution in [1.29, 1.82) is 0 Å². The molecule has 0 bridgehead atoms. The van der Waals surface area contributed by atoms with Crippen molar-refractivity contribution in [1.82, 2.24) is 10.3 Å². The Morgan fingerprint density at radius 1 is 1.18 bits per heavy atom. The molecular weight excluding hydrogens is 140 g/mol. The average molecular weight is 148 g/mol. The van der Waals surface area contributed by atoms with Crippen LogP contribution >= 0.6 is 0 Å². The second-order valence-corrected chi connectivity index (χ2v) is 2.71. The molecule has 3 heteroatoms. The molecule has 0 aliphatic rings. The average Bonchev–Trinajstić information content (AvgIpc) is 2.34. The van der Waals surface area contributed by atoms with Crippen molar-refractivity contribution in [2.75, 3.05) is 0 Å². The zero-order valence-electron chi connectivity index (χ0n) is 6.46. The maximum absolute atomic E-state index is 4.60. The fraction of sp³-hybridized carbons (Fsp3) is 0.250. The number of hydrogen-bond acceptors (Lipinski definition) is 3. The number of benzene rings is 1. The molecule has 1 heterocycles. The van der Waals surface area contributed by atoms with E-state index in [-0.39, 0.29) is 0 Å². The molecule has 56 valence electrons. The Labute approximate surface area is 64.0 Å². The van der Waals surface area contributed by atoms with Crippen LogP contribution in [0, 0.1) is 13.8 Å². The van der Waals surface area contributed by atoms with Crippen molar-refractivity contribution in [3.8, 4) is 0 Å². The lowest BCUT2D eigenvalue weighted by atomic mass is 10.1. The van der Waals surface area contributed by atoms with Crippen LogP contribution in [0.3, 0.4) is 0 Å². The highest BCUT2D eigenvalue weighted by molar-refractivity contribution is 5.77. The molecule has 0 saturated heterocycles. The number of nitrogens with zero attached hydrogens (tertiary/aromatic N) is 2. The SMILES string of the molecule is Cc1cc(C)c2nonc2c1. The minimum absolute atomic E-state index is 0.836. The molecule has 11 heavy (non-hydrogen) atoms. The number of fused-ring (bicyclic) bond motifs is 1. The second kappa shape index (κ2) is 2.05. The monoisotopic (exact) mass is 148 g/mol. The Balaban J connectivity index is 2.91. The molecule has 2 aromatic rings. The Bertz CT molecular complexity index is 392. The molecule has 0 atom stereocenters. The third-order valence-corrected chi connectivity index (χ3v) is 1.70. The number of aryl methyl sites for hydroxylation is 2. The van der Waals surface area contributed by atoms with Crippen LogP contribution in [-0.2, 0) is 0 Å². The molecular formula is C8H8N2O. The third-order valence-electron chi connectivity index (χ3n) is 1.70. The number of rotatable bonds is 0. The fourth-order valence-electron chi connectivity index (χ4n) is 1.23.